The first-order chi connectivity index (χ1) is 15.2. The van der Waals surface area contributed by atoms with Gasteiger partial charge in [-0.05, 0) is 62.2 Å². The SMILES string of the molecule is C=C(CCC)OO[C@H]1CC[C@@]2(C)C(CC(O)C3C2CC[C@@]2(C)C3OC[C@@H]2OC(=O)CC)C1. The van der Waals surface area contributed by atoms with Gasteiger partial charge in [-0.25, -0.2) is 0 Å². The molecule has 6 nitrogen and oxygen atoms in total. The molecule has 1 N–H and O–H groups in total. The maximum atomic E-state index is 12.0. The van der Waals surface area contributed by atoms with E-state index in [2.05, 4.69) is 27.4 Å². The number of carbonyl (C=O) groups excluding carboxylic acids is 1. The van der Waals surface area contributed by atoms with Crippen molar-refractivity contribution in [3.8, 4) is 0 Å². The first-order valence-electron chi connectivity index (χ1n) is 12.7. The molecule has 5 unspecified atom stereocenters. The van der Waals surface area contributed by atoms with Gasteiger partial charge in [0.2, 0.25) is 0 Å². The van der Waals surface area contributed by atoms with E-state index in [1.165, 1.54) is 0 Å². The van der Waals surface area contributed by atoms with Crippen LogP contribution in [0.25, 0.3) is 0 Å². The Morgan fingerprint density at radius 2 is 1.91 bits per heavy atom. The molecule has 1 aliphatic heterocycles. The van der Waals surface area contributed by atoms with Crippen LogP contribution in [-0.4, -0.2) is 42.1 Å². The molecular weight excluding hydrogens is 408 g/mol. The normalized spacial score (nSPS) is 45.3. The topological polar surface area (TPSA) is 74.2 Å². The van der Waals surface area contributed by atoms with Crippen LogP contribution >= 0.6 is 0 Å². The number of hydrogen-bond donors (Lipinski definition) is 1. The molecule has 6 heteroatoms. The lowest BCUT2D eigenvalue weighted by Gasteiger charge is -2.61. The summed E-state index contributed by atoms with van der Waals surface area (Å²) in [6.45, 7) is 12.9. The van der Waals surface area contributed by atoms with Crippen LogP contribution in [0.15, 0.2) is 12.3 Å². The Morgan fingerprint density at radius 3 is 2.62 bits per heavy atom. The van der Waals surface area contributed by atoms with Crippen LogP contribution in [0.1, 0.15) is 85.5 Å². The minimum Gasteiger partial charge on any atom is -0.459 e. The number of ether oxygens (including phenoxy) is 2. The van der Waals surface area contributed by atoms with Crippen molar-refractivity contribution in [2.24, 2.45) is 28.6 Å². The van der Waals surface area contributed by atoms with E-state index >= 15 is 0 Å². The van der Waals surface area contributed by atoms with E-state index in [1.54, 1.807) is 0 Å². The van der Waals surface area contributed by atoms with Crippen LogP contribution in [0.2, 0.25) is 0 Å². The second-order valence-corrected chi connectivity index (χ2v) is 11.2. The van der Waals surface area contributed by atoms with Crippen LogP contribution in [0.5, 0.6) is 0 Å². The summed E-state index contributed by atoms with van der Waals surface area (Å²) in [4.78, 5) is 23.2. The molecule has 182 valence electrons. The lowest BCUT2D eigenvalue weighted by atomic mass is 9.45. The number of hydrogen-bond acceptors (Lipinski definition) is 6. The van der Waals surface area contributed by atoms with Crippen LogP contribution in [0.4, 0.5) is 0 Å². The second-order valence-electron chi connectivity index (χ2n) is 11.2. The van der Waals surface area contributed by atoms with Gasteiger partial charge in [0.1, 0.15) is 18.0 Å². The summed E-state index contributed by atoms with van der Waals surface area (Å²) in [6, 6.07) is 0. The summed E-state index contributed by atoms with van der Waals surface area (Å²) >= 11 is 0. The van der Waals surface area contributed by atoms with Crippen LogP contribution in [-0.2, 0) is 24.0 Å². The molecule has 0 bridgehead atoms. The van der Waals surface area contributed by atoms with Crippen molar-refractivity contribution < 1.29 is 29.1 Å². The standard InChI is InChI=1S/C26H42O6/c1-6-8-16(3)31-32-18-9-11-25(4)17(13-18)14-20(27)23-19(25)10-12-26(5)21(15-29-24(23)26)30-22(28)7-2/h17-21,23-24,27H,3,6-15H2,1-2,4-5H3/t17?,18-,19?,20?,21-,23?,24?,25-,26+/m0/s1. The fourth-order valence-electron chi connectivity index (χ4n) is 7.36. The van der Waals surface area contributed by atoms with Gasteiger partial charge in [0, 0.05) is 24.2 Å². The highest BCUT2D eigenvalue weighted by molar-refractivity contribution is 5.69. The van der Waals surface area contributed by atoms with Crippen LogP contribution in [0.3, 0.4) is 0 Å². The molecule has 3 aliphatic carbocycles. The summed E-state index contributed by atoms with van der Waals surface area (Å²) in [5, 5.41) is 11.3. The second kappa shape index (κ2) is 9.27. The Labute approximate surface area is 192 Å². The van der Waals surface area contributed by atoms with E-state index in [0.717, 1.165) is 51.4 Å². The Bertz CT molecular complexity index is 708. The summed E-state index contributed by atoms with van der Waals surface area (Å²) < 4.78 is 12.1. The average molecular weight is 451 g/mol. The molecular formula is C26H42O6. The Balaban J connectivity index is 1.45. The van der Waals surface area contributed by atoms with E-state index in [-0.39, 0.29) is 41.0 Å². The number of carbonyl (C=O) groups is 1. The highest BCUT2D eigenvalue weighted by Gasteiger charge is 2.64. The maximum absolute atomic E-state index is 12.0. The van der Waals surface area contributed by atoms with E-state index < -0.39 is 6.10 Å². The number of allylic oxidation sites excluding steroid dienone is 1. The number of esters is 1. The zero-order valence-corrected chi connectivity index (χ0v) is 20.3. The lowest BCUT2D eigenvalue weighted by molar-refractivity contribution is -0.313. The average Bonchev–Trinajstić information content (AvgIpc) is 3.09. The van der Waals surface area contributed by atoms with Crippen molar-refractivity contribution in [2.45, 2.75) is 110 Å². The lowest BCUT2D eigenvalue weighted by Crippen LogP contribution is -2.61. The molecule has 1 saturated heterocycles. The molecule has 0 aromatic heterocycles. The van der Waals surface area contributed by atoms with E-state index in [9.17, 15) is 9.90 Å². The van der Waals surface area contributed by atoms with Gasteiger partial charge >= 0.3 is 5.97 Å². The quantitative estimate of drug-likeness (QED) is 0.256. The minimum atomic E-state index is -0.405. The predicted molar refractivity (Wildman–Crippen MR) is 120 cm³/mol. The van der Waals surface area contributed by atoms with Crippen molar-refractivity contribution in [3.63, 3.8) is 0 Å². The fraction of sp³-hybridized carbons (Fsp3) is 0.885. The Hall–Kier alpha value is -1.11. The summed E-state index contributed by atoms with van der Waals surface area (Å²) in [6.07, 6.45) is 7.28. The first kappa shape index (κ1) is 24.0. The van der Waals surface area contributed by atoms with E-state index in [4.69, 9.17) is 19.2 Å². The molecule has 0 amide bonds. The Morgan fingerprint density at radius 1 is 1.16 bits per heavy atom. The molecule has 4 aliphatic rings. The molecule has 0 aromatic carbocycles. The van der Waals surface area contributed by atoms with E-state index in [0.29, 0.717) is 30.6 Å². The van der Waals surface area contributed by atoms with E-state index in [1.807, 2.05) is 6.92 Å². The summed E-state index contributed by atoms with van der Waals surface area (Å²) in [5.41, 5.74) is -0.0585. The molecule has 4 fully saturated rings. The number of aliphatic hydroxyl groups excluding tert-OH is 1. The highest BCUT2D eigenvalue weighted by Crippen LogP contribution is 2.63. The van der Waals surface area contributed by atoms with Crippen molar-refractivity contribution in [1.82, 2.24) is 0 Å². The molecule has 0 aromatic rings. The van der Waals surface area contributed by atoms with Gasteiger partial charge in [-0.15, -0.1) is 0 Å². The first-order valence-corrected chi connectivity index (χ1v) is 12.7. The summed E-state index contributed by atoms with van der Waals surface area (Å²) in [7, 11) is 0. The van der Waals surface area contributed by atoms with Crippen molar-refractivity contribution in [1.29, 1.82) is 0 Å². The minimum absolute atomic E-state index is 0.0554. The highest BCUT2D eigenvalue weighted by atomic mass is 17.2. The van der Waals surface area contributed by atoms with Crippen molar-refractivity contribution in [2.75, 3.05) is 6.61 Å². The van der Waals surface area contributed by atoms with Gasteiger partial charge in [-0.2, -0.15) is 4.89 Å². The van der Waals surface area contributed by atoms with Gasteiger partial charge in [-0.1, -0.05) is 34.3 Å². The molecule has 9 atom stereocenters. The Kier molecular flexibility index (Phi) is 6.96. The molecule has 1 heterocycles. The fourth-order valence-corrected chi connectivity index (χ4v) is 7.36. The van der Waals surface area contributed by atoms with Gasteiger partial charge in [0.25, 0.3) is 0 Å². The van der Waals surface area contributed by atoms with Crippen LogP contribution < -0.4 is 0 Å². The molecule has 3 saturated carbocycles. The smallest absolute Gasteiger partial charge is 0.305 e. The molecule has 0 radical (unpaired) electrons. The zero-order chi connectivity index (χ0) is 23.1. The van der Waals surface area contributed by atoms with Gasteiger partial charge < -0.3 is 19.5 Å². The molecule has 32 heavy (non-hydrogen) atoms. The molecule has 0 spiro atoms. The predicted octanol–water partition coefficient (Wildman–Crippen LogP) is 4.94. The zero-order valence-electron chi connectivity index (χ0n) is 20.3. The third-order valence-electron chi connectivity index (χ3n) is 9.32. The van der Waals surface area contributed by atoms with Gasteiger partial charge in [-0.3, -0.25) is 4.79 Å². The van der Waals surface area contributed by atoms with Crippen molar-refractivity contribution in [3.05, 3.63) is 12.3 Å². The number of aliphatic hydroxyl groups is 1. The maximum Gasteiger partial charge on any atom is 0.305 e. The third kappa shape index (κ3) is 4.12. The molecule has 4 rings (SSSR count). The largest absolute Gasteiger partial charge is 0.459 e. The third-order valence-corrected chi connectivity index (χ3v) is 9.32. The van der Waals surface area contributed by atoms with Crippen molar-refractivity contribution >= 4 is 5.97 Å². The number of fused-ring (bicyclic) bond motifs is 5. The summed E-state index contributed by atoms with van der Waals surface area (Å²) in [5.74, 6) is 1.43. The number of rotatable bonds is 7. The van der Waals surface area contributed by atoms with Crippen LogP contribution in [0, 0.1) is 28.6 Å². The van der Waals surface area contributed by atoms with Gasteiger partial charge in [0.05, 0.1) is 18.8 Å². The monoisotopic (exact) mass is 450 g/mol. The van der Waals surface area contributed by atoms with Gasteiger partial charge in [0.15, 0.2) is 0 Å².